The Hall–Kier alpha value is -2.00. The number of ether oxygens (including phenoxy) is 2. The molecular weight excluding hydrogens is 274 g/mol. The molecule has 1 unspecified atom stereocenters. The molecule has 0 aliphatic rings. The molecule has 0 saturated heterocycles. The second-order valence-electron chi connectivity index (χ2n) is 5.59. The topological polar surface area (TPSA) is 30.5 Å². The fourth-order valence-electron chi connectivity index (χ4n) is 2.68. The summed E-state index contributed by atoms with van der Waals surface area (Å²) in [6.07, 6.45) is 0.942. The molecule has 0 aliphatic heterocycles. The van der Waals surface area contributed by atoms with Crippen molar-refractivity contribution in [3.63, 3.8) is 0 Å². The number of benzene rings is 2. The first-order valence-corrected chi connectivity index (χ1v) is 7.66. The van der Waals surface area contributed by atoms with Gasteiger partial charge in [-0.05, 0) is 43.5 Å². The van der Waals surface area contributed by atoms with E-state index in [0.717, 1.165) is 17.9 Å². The molecule has 1 N–H and O–H groups in total. The Balaban J connectivity index is 1.98. The summed E-state index contributed by atoms with van der Waals surface area (Å²) in [4.78, 5) is 0. The van der Waals surface area contributed by atoms with Gasteiger partial charge in [-0.1, -0.05) is 36.4 Å². The Labute approximate surface area is 133 Å². The van der Waals surface area contributed by atoms with E-state index >= 15 is 0 Å². The molecule has 2 aromatic carbocycles. The van der Waals surface area contributed by atoms with E-state index in [1.165, 1.54) is 11.1 Å². The normalized spacial score (nSPS) is 13.5. The van der Waals surface area contributed by atoms with E-state index in [-0.39, 0.29) is 0 Å². The van der Waals surface area contributed by atoms with Crippen LogP contribution in [0.1, 0.15) is 31.0 Å². The van der Waals surface area contributed by atoms with Gasteiger partial charge in [0, 0.05) is 12.1 Å². The van der Waals surface area contributed by atoms with Gasteiger partial charge in [-0.15, -0.1) is 0 Å². The van der Waals surface area contributed by atoms with Crippen LogP contribution in [-0.4, -0.2) is 20.3 Å². The van der Waals surface area contributed by atoms with Crippen LogP contribution in [0.3, 0.4) is 0 Å². The Bertz CT molecular complexity index is 583. The lowest BCUT2D eigenvalue weighted by Crippen LogP contribution is -2.30. The molecule has 2 aromatic rings. The van der Waals surface area contributed by atoms with E-state index in [1.54, 1.807) is 14.2 Å². The zero-order valence-electron chi connectivity index (χ0n) is 13.8. The average Bonchev–Trinajstić information content (AvgIpc) is 2.55. The average molecular weight is 299 g/mol. The van der Waals surface area contributed by atoms with Crippen LogP contribution in [0.15, 0.2) is 48.5 Å². The molecule has 0 saturated carbocycles. The minimum Gasteiger partial charge on any atom is -0.493 e. The van der Waals surface area contributed by atoms with E-state index in [1.807, 2.05) is 18.2 Å². The van der Waals surface area contributed by atoms with Gasteiger partial charge in [0.15, 0.2) is 11.5 Å². The molecule has 0 fully saturated rings. The molecule has 0 heterocycles. The van der Waals surface area contributed by atoms with Crippen molar-refractivity contribution in [1.82, 2.24) is 5.32 Å². The van der Waals surface area contributed by atoms with Gasteiger partial charge in [0.25, 0.3) is 0 Å². The Morgan fingerprint density at radius 2 is 1.59 bits per heavy atom. The van der Waals surface area contributed by atoms with Crippen molar-refractivity contribution < 1.29 is 9.47 Å². The van der Waals surface area contributed by atoms with E-state index in [9.17, 15) is 0 Å². The molecule has 3 nitrogen and oxygen atoms in total. The van der Waals surface area contributed by atoms with Crippen LogP contribution in [0.2, 0.25) is 0 Å². The lowest BCUT2D eigenvalue weighted by Gasteiger charge is -2.21. The van der Waals surface area contributed by atoms with Crippen molar-refractivity contribution in [2.24, 2.45) is 0 Å². The highest BCUT2D eigenvalue weighted by Gasteiger charge is 2.11. The third kappa shape index (κ3) is 4.25. The zero-order valence-corrected chi connectivity index (χ0v) is 13.8. The number of hydrogen-bond acceptors (Lipinski definition) is 3. The first kappa shape index (κ1) is 16.4. The van der Waals surface area contributed by atoms with Crippen LogP contribution >= 0.6 is 0 Å². The third-order valence-electron chi connectivity index (χ3n) is 3.82. The van der Waals surface area contributed by atoms with Crippen LogP contribution in [0.5, 0.6) is 11.5 Å². The largest absolute Gasteiger partial charge is 0.493 e. The zero-order chi connectivity index (χ0) is 15.9. The monoisotopic (exact) mass is 299 g/mol. The summed E-state index contributed by atoms with van der Waals surface area (Å²) < 4.78 is 10.6. The number of nitrogens with one attached hydrogen (secondary N) is 1. The lowest BCUT2D eigenvalue weighted by atomic mass is 10.0. The van der Waals surface area contributed by atoms with Crippen LogP contribution in [0, 0.1) is 0 Å². The maximum atomic E-state index is 5.36. The molecule has 0 amide bonds. The number of methoxy groups -OCH3 is 2. The van der Waals surface area contributed by atoms with Gasteiger partial charge < -0.3 is 14.8 Å². The first-order chi connectivity index (χ1) is 10.6. The molecule has 3 heteroatoms. The number of hydrogen-bond donors (Lipinski definition) is 1. The molecule has 0 aromatic heterocycles. The van der Waals surface area contributed by atoms with Gasteiger partial charge in [-0.25, -0.2) is 0 Å². The fourth-order valence-corrected chi connectivity index (χ4v) is 2.68. The second kappa shape index (κ2) is 7.85. The molecule has 2 rings (SSSR count). The summed E-state index contributed by atoms with van der Waals surface area (Å²) in [5.74, 6) is 1.55. The van der Waals surface area contributed by atoms with E-state index in [4.69, 9.17) is 9.47 Å². The van der Waals surface area contributed by atoms with Crippen molar-refractivity contribution >= 4 is 0 Å². The number of rotatable bonds is 7. The minimum atomic E-state index is 0.330. The summed E-state index contributed by atoms with van der Waals surface area (Å²) >= 11 is 0. The van der Waals surface area contributed by atoms with Gasteiger partial charge in [-0.3, -0.25) is 0 Å². The van der Waals surface area contributed by atoms with Crippen molar-refractivity contribution in [1.29, 1.82) is 0 Å². The molecule has 0 radical (unpaired) electrons. The Morgan fingerprint density at radius 1 is 0.909 bits per heavy atom. The predicted octanol–water partition coefficient (Wildman–Crippen LogP) is 3.99. The first-order valence-electron chi connectivity index (χ1n) is 7.66. The standard InChI is InChI=1S/C19H25NO2/c1-14(20-15(2)17-8-6-5-7-9-17)12-16-10-11-18(21-3)19(13-16)22-4/h5-11,13-15,20H,12H2,1-4H3/t14-,15?/m1/s1. The van der Waals surface area contributed by atoms with E-state index in [0.29, 0.717) is 12.1 Å². The molecule has 0 bridgehead atoms. The van der Waals surface area contributed by atoms with E-state index < -0.39 is 0 Å². The summed E-state index contributed by atoms with van der Waals surface area (Å²) in [5, 5.41) is 3.64. The maximum absolute atomic E-state index is 5.36. The molecular formula is C19H25NO2. The smallest absolute Gasteiger partial charge is 0.160 e. The van der Waals surface area contributed by atoms with Crippen molar-refractivity contribution in [2.45, 2.75) is 32.4 Å². The van der Waals surface area contributed by atoms with Crippen LogP contribution < -0.4 is 14.8 Å². The van der Waals surface area contributed by atoms with Crippen LogP contribution in [-0.2, 0) is 6.42 Å². The summed E-state index contributed by atoms with van der Waals surface area (Å²) in [6.45, 7) is 4.40. The molecule has 2 atom stereocenters. The fraction of sp³-hybridized carbons (Fsp3) is 0.368. The molecule has 22 heavy (non-hydrogen) atoms. The van der Waals surface area contributed by atoms with Gasteiger partial charge in [0.2, 0.25) is 0 Å². The molecule has 118 valence electrons. The highest BCUT2D eigenvalue weighted by atomic mass is 16.5. The van der Waals surface area contributed by atoms with Crippen molar-refractivity contribution in [2.75, 3.05) is 14.2 Å². The summed E-state index contributed by atoms with van der Waals surface area (Å²) in [6, 6.07) is 17.3. The Kier molecular flexibility index (Phi) is 5.84. The van der Waals surface area contributed by atoms with E-state index in [2.05, 4.69) is 49.5 Å². The van der Waals surface area contributed by atoms with Crippen molar-refractivity contribution in [3.8, 4) is 11.5 Å². The van der Waals surface area contributed by atoms with Crippen LogP contribution in [0.25, 0.3) is 0 Å². The second-order valence-corrected chi connectivity index (χ2v) is 5.59. The van der Waals surface area contributed by atoms with Gasteiger partial charge in [0.05, 0.1) is 14.2 Å². The quantitative estimate of drug-likeness (QED) is 0.838. The van der Waals surface area contributed by atoms with Crippen molar-refractivity contribution in [3.05, 3.63) is 59.7 Å². The maximum Gasteiger partial charge on any atom is 0.160 e. The van der Waals surface area contributed by atoms with Crippen LogP contribution in [0.4, 0.5) is 0 Å². The minimum absolute atomic E-state index is 0.330. The highest BCUT2D eigenvalue weighted by Crippen LogP contribution is 2.28. The summed E-state index contributed by atoms with van der Waals surface area (Å²) in [7, 11) is 3.32. The predicted molar refractivity (Wildman–Crippen MR) is 90.7 cm³/mol. The molecule has 0 aliphatic carbocycles. The van der Waals surface area contributed by atoms with Gasteiger partial charge in [-0.2, -0.15) is 0 Å². The van der Waals surface area contributed by atoms with Gasteiger partial charge in [0.1, 0.15) is 0 Å². The SMILES string of the molecule is COc1ccc(C[C@@H](C)NC(C)c2ccccc2)cc1OC. The van der Waals surface area contributed by atoms with Gasteiger partial charge >= 0.3 is 0 Å². The third-order valence-corrected chi connectivity index (χ3v) is 3.82. The highest BCUT2D eigenvalue weighted by molar-refractivity contribution is 5.43. The molecule has 0 spiro atoms. The Morgan fingerprint density at radius 3 is 2.23 bits per heavy atom. The summed E-state index contributed by atoms with van der Waals surface area (Å²) in [5.41, 5.74) is 2.54. The lowest BCUT2D eigenvalue weighted by molar-refractivity contribution is 0.354.